The van der Waals surface area contributed by atoms with Gasteiger partial charge in [-0.15, -0.1) is 11.3 Å². The molecule has 0 saturated carbocycles. The maximum absolute atomic E-state index is 14.4. The second-order valence-corrected chi connectivity index (χ2v) is 7.00. The van der Waals surface area contributed by atoms with Gasteiger partial charge in [0, 0.05) is 22.8 Å². The molecular formula is C21H19FO5S. The van der Waals surface area contributed by atoms with Crippen LogP contribution < -0.4 is 0 Å². The first kappa shape index (κ1) is 20.0. The van der Waals surface area contributed by atoms with Crippen LogP contribution >= 0.6 is 11.3 Å². The minimum absolute atomic E-state index is 0.197. The summed E-state index contributed by atoms with van der Waals surface area (Å²) in [6.07, 6.45) is 0. The van der Waals surface area contributed by atoms with Crippen LogP contribution in [0.2, 0.25) is 0 Å². The Bertz CT molecular complexity index is 994. The molecule has 0 radical (unpaired) electrons. The molecule has 1 aromatic heterocycles. The molecular weight excluding hydrogens is 383 g/mol. The highest BCUT2D eigenvalue weighted by molar-refractivity contribution is 7.21. The van der Waals surface area contributed by atoms with Crippen molar-refractivity contribution in [2.45, 2.75) is 20.1 Å². The Kier molecular flexibility index (Phi) is 6.38. The van der Waals surface area contributed by atoms with Crippen LogP contribution in [0, 0.1) is 5.82 Å². The molecule has 0 aliphatic carbocycles. The van der Waals surface area contributed by atoms with E-state index < -0.39 is 17.8 Å². The van der Waals surface area contributed by atoms with Gasteiger partial charge < -0.3 is 14.2 Å². The van der Waals surface area contributed by atoms with Crippen molar-refractivity contribution >= 4 is 33.4 Å². The van der Waals surface area contributed by atoms with E-state index in [1.54, 1.807) is 50.4 Å². The van der Waals surface area contributed by atoms with E-state index in [2.05, 4.69) is 0 Å². The van der Waals surface area contributed by atoms with E-state index in [9.17, 15) is 14.0 Å². The number of methoxy groups -OCH3 is 1. The first-order valence-electron chi connectivity index (χ1n) is 8.67. The minimum Gasteiger partial charge on any atom is -0.462 e. The quantitative estimate of drug-likeness (QED) is 0.535. The summed E-state index contributed by atoms with van der Waals surface area (Å²) in [5, 5.41) is 0.277. The second-order valence-electron chi connectivity index (χ2n) is 5.95. The fraction of sp³-hybridized carbons (Fsp3) is 0.238. The lowest BCUT2D eigenvalue weighted by Gasteiger charge is -2.08. The van der Waals surface area contributed by atoms with Crippen molar-refractivity contribution in [3.63, 3.8) is 0 Å². The van der Waals surface area contributed by atoms with Crippen LogP contribution in [0.3, 0.4) is 0 Å². The summed E-state index contributed by atoms with van der Waals surface area (Å²) in [4.78, 5) is 24.9. The third-order valence-electron chi connectivity index (χ3n) is 4.07. The molecule has 0 fully saturated rings. The largest absolute Gasteiger partial charge is 0.462 e. The first-order valence-corrected chi connectivity index (χ1v) is 9.48. The third kappa shape index (κ3) is 4.21. The number of benzene rings is 2. The van der Waals surface area contributed by atoms with Gasteiger partial charge in [-0.05, 0) is 36.8 Å². The third-order valence-corrected chi connectivity index (χ3v) is 5.25. The Balaban J connectivity index is 1.85. The van der Waals surface area contributed by atoms with Crippen molar-refractivity contribution in [1.82, 2.24) is 0 Å². The molecule has 3 rings (SSSR count). The molecule has 0 unspecified atom stereocenters. The zero-order valence-corrected chi connectivity index (χ0v) is 16.3. The summed E-state index contributed by atoms with van der Waals surface area (Å²) in [6, 6.07) is 11.4. The molecule has 7 heteroatoms. The lowest BCUT2D eigenvalue weighted by molar-refractivity contribution is 0.0454. The topological polar surface area (TPSA) is 61.8 Å². The summed E-state index contributed by atoms with van der Waals surface area (Å²) in [5.74, 6) is -1.59. The molecule has 146 valence electrons. The standard InChI is InChI=1S/C21H19FO5S/c1-3-26-21(24)19-15(18-16(22)5-4-6-17(18)28-19)12-27-20(23)14-9-7-13(8-10-14)11-25-2/h4-10H,3,11-12H2,1-2H3. The van der Waals surface area contributed by atoms with E-state index in [0.29, 0.717) is 22.4 Å². The molecule has 0 N–H and O–H groups in total. The number of hydrogen-bond acceptors (Lipinski definition) is 6. The molecule has 0 aliphatic heterocycles. The molecule has 0 amide bonds. The van der Waals surface area contributed by atoms with E-state index in [1.165, 1.54) is 6.07 Å². The van der Waals surface area contributed by atoms with Gasteiger partial charge in [0.2, 0.25) is 0 Å². The van der Waals surface area contributed by atoms with Gasteiger partial charge in [0.1, 0.15) is 17.3 Å². The normalized spacial score (nSPS) is 10.8. The van der Waals surface area contributed by atoms with Crippen LogP contribution in [-0.4, -0.2) is 25.7 Å². The van der Waals surface area contributed by atoms with Gasteiger partial charge in [0.15, 0.2) is 0 Å². The Morgan fingerprint density at radius 1 is 1.00 bits per heavy atom. The average Bonchev–Trinajstić information content (AvgIpc) is 3.07. The Morgan fingerprint density at radius 3 is 2.43 bits per heavy atom. The van der Waals surface area contributed by atoms with Crippen LogP contribution in [0.15, 0.2) is 42.5 Å². The summed E-state index contributed by atoms with van der Waals surface area (Å²) in [6.45, 7) is 2.10. The fourth-order valence-corrected chi connectivity index (χ4v) is 3.91. The molecule has 5 nitrogen and oxygen atoms in total. The van der Waals surface area contributed by atoms with E-state index in [-0.39, 0.29) is 23.5 Å². The molecule has 0 spiro atoms. The summed E-state index contributed by atoms with van der Waals surface area (Å²) in [5.41, 5.74) is 1.60. The molecule has 28 heavy (non-hydrogen) atoms. The SMILES string of the molecule is CCOC(=O)c1sc2cccc(F)c2c1COC(=O)c1ccc(COC)cc1. The smallest absolute Gasteiger partial charge is 0.348 e. The molecule has 3 aromatic rings. The number of fused-ring (bicyclic) bond motifs is 1. The predicted molar refractivity (Wildman–Crippen MR) is 104 cm³/mol. The van der Waals surface area contributed by atoms with Gasteiger partial charge in [-0.1, -0.05) is 18.2 Å². The first-order chi connectivity index (χ1) is 13.5. The van der Waals surface area contributed by atoms with Crippen molar-refractivity contribution in [3.05, 3.63) is 69.8 Å². The summed E-state index contributed by atoms with van der Waals surface area (Å²) in [7, 11) is 1.59. The lowest BCUT2D eigenvalue weighted by Crippen LogP contribution is -2.09. The highest BCUT2D eigenvalue weighted by Gasteiger charge is 2.23. The number of halogens is 1. The highest BCUT2D eigenvalue weighted by atomic mass is 32.1. The van der Waals surface area contributed by atoms with E-state index in [1.807, 2.05) is 0 Å². The molecule has 0 atom stereocenters. The van der Waals surface area contributed by atoms with Crippen molar-refractivity contribution in [2.75, 3.05) is 13.7 Å². The lowest BCUT2D eigenvalue weighted by atomic mass is 10.1. The van der Waals surface area contributed by atoms with E-state index in [0.717, 1.165) is 16.9 Å². The zero-order chi connectivity index (χ0) is 20.1. The fourth-order valence-electron chi connectivity index (χ4n) is 2.79. The minimum atomic E-state index is -0.561. The number of carbonyl (C=O) groups excluding carboxylic acids is 2. The summed E-state index contributed by atoms with van der Waals surface area (Å²) < 4.78 is 30.4. The number of carbonyl (C=O) groups is 2. The molecule has 0 saturated heterocycles. The molecule has 0 bridgehead atoms. The van der Waals surface area contributed by atoms with Crippen LogP contribution in [0.4, 0.5) is 4.39 Å². The Labute approximate surface area is 165 Å². The number of hydrogen-bond donors (Lipinski definition) is 0. The molecule has 0 aliphatic rings. The van der Waals surface area contributed by atoms with Crippen LogP contribution in [0.1, 0.15) is 38.1 Å². The van der Waals surface area contributed by atoms with Gasteiger partial charge in [0.25, 0.3) is 0 Å². The summed E-state index contributed by atoms with van der Waals surface area (Å²) >= 11 is 1.12. The van der Waals surface area contributed by atoms with Gasteiger partial charge >= 0.3 is 11.9 Å². The van der Waals surface area contributed by atoms with Crippen LogP contribution in [-0.2, 0) is 27.4 Å². The maximum atomic E-state index is 14.4. The molecule has 1 heterocycles. The van der Waals surface area contributed by atoms with Gasteiger partial charge in [-0.2, -0.15) is 0 Å². The van der Waals surface area contributed by atoms with Gasteiger partial charge in [0.05, 0.1) is 18.8 Å². The average molecular weight is 402 g/mol. The number of thiophene rings is 1. The van der Waals surface area contributed by atoms with Crippen molar-refractivity contribution in [1.29, 1.82) is 0 Å². The molecule has 2 aromatic carbocycles. The van der Waals surface area contributed by atoms with E-state index >= 15 is 0 Å². The monoisotopic (exact) mass is 402 g/mol. The zero-order valence-electron chi connectivity index (χ0n) is 15.5. The van der Waals surface area contributed by atoms with Crippen molar-refractivity contribution < 1.29 is 28.2 Å². The van der Waals surface area contributed by atoms with Crippen LogP contribution in [0.25, 0.3) is 10.1 Å². The highest BCUT2D eigenvalue weighted by Crippen LogP contribution is 2.34. The Morgan fingerprint density at radius 2 is 1.75 bits per heavy atom. The second kappa shape index (κ2) is 8.95. The Hall–Kier alpha value is -2.77. The van der Waals surface area contributed by atoms with Crippen LogP contribution in [0.5, 0.6) is 0 Å². The van der Waals surface area contributed by atoms with Gasteiger partial charge in [-0.25, -0.2) is 14.0 Å². The van der Waals surface area contributed by atoms with Gasteiger partial charge in [-0.3, -0.25) is 0 Å². The van der Waals surface area contributed by atoms with Crippen molar-refractivity contribution in [2.24, 2.45) is 0 Å². The number of esters is 2. The van der Waals surface area contributed by atoms with Crippen molar-refractivity contribution in [3.8, 4) is 0 Å². The van der Waals surface area contributed by atoms with E-state index in [4.69, 9.17) is 14.2 Å². The maximum Gasteiger partial charge on any atom is 0.348 e. The number of rotatable bonds is 7. The number of ether oxygens (including phenoxy) is 3. The predicted octanol–water partition coefficient (Wildman–Crippen LogP) is 4.72.